The summed E-state index contributed by atoms with van der Waals surface area (Å²) in [7, 11) is 0.540. The molecule has 0 unspecified atom stereocenters. The first-order valence-electron chi connectivity index (χ1n) is 7.28. The molecule has 2 atom stereocenters. The molecule has 0 aliphatic carbocycles. The molecule has 1 aromatic heterocycles. The van der Waals surface area contributed by atoms with Crippen molar-refractivity contribution < 1.29 is 14.3 Å². The molecule has 0 saturated carbocycles. The fourth-order valence-electron chi connectivity index (χ4n) is 2.36. The van der Waals surface area contributed by atoms with E-state index in [0.29, 0.717) is 19.4 Å². The van der Waals surface area contributed by atoms with Crippen LogP contribution in [-0.4, -0.2) is 58.5 Å². The normalized spacial score (nSPS) is 21.3. The number of nitrogens with zero attached hydrogens (tertiary/aromatic N) is 4. The number of hydrogen-bond donors (Lipinski definition) is 0. The molecule has 0 spiro atoms. The van der Waals surface area contributed by atoms with E-state index in [0.717, 1.165) is 11.7 Å². The Kier molecular flexibility index (Phi) is 5.62. The van der Waals surface area contributed by atoms with Crippen molar-refractivity contribution in [1.82, 2.24) is 14.9 Å². The number of amides is 1. The number of ketones is 1. The van der Waals surface area contributed by atoms with Gasteiger partial charge in [0, 0.05) is 0 Å². The summed E-state index contributed by atoms with van der Waals surface area (Å²) in [5.74, 6) is 0.244. The molecule has 0 bridgehead atoms. The van der Waals surface area contributed by atoms with Gasteiger partial charge >= 0.3 is 121 Å². The number of likely N-dealkylation sites (tertiary alicyclic amines) is 1. The van der Waals surface area contributed by atoms with Crippen LogP contribution in [0.3, 0.4) is 0 Å². The van der Waals surface area contributed by atoms with E-state index in [2.05, 4.69) is 15.0 Å². The van der Waals surface area contributed by atoms with Crippen molar-refractivity contribution in [1.29, 1.82) is 0 Å². The van der Waals surface area contributed by atoms with Crippen molar-refractivity contribution >= 4 is 31.0 Å². The van der Waals surface area contributed by atoms with Crippen LogP contribution in [0.1, 0.15) is 24.7 Å². The second-order valence-corrected chi connectivity index (χ2v) is 5.36. The number of aryl methyl sites for hydroxylation is 1. The van der Waals surface area contributed by atoms with Crippen molar-refractivity contribution in [3.05, 3.63) is 29.9 Å². The Labute approximate surface area is 134 Å². The van der Waals surface area contributed by atoms with E-state index in [1.807, 2.05) is 6.92 Å². The zero-order valence-corrected chi connectivity index (χ0v) is 13.0. The Morgan fingerprint density at radius 2 is 2.17 bits per heavy atom. The van der Waals surface area contributed by atoms with Crippen LogP contribution >= 0.6 is 0 Å². The minimum atomic E-state index is -0.572. The van der Waals surface area contributed by atoms with Crippen LogP contribution in [0.15, 0.2) is 23.5 Å². The SMILES string of the molecule is Cc1ncc(C=CC(=O)CN2C(=O)[C@@H](N=CB=O)C[C@H]2C)cn1. The maximum atomic E-state index is 12.2. The predicted octanol–water partition coefficient (Wildman–Crippen LogP) is 0.435. The molecule has 0 aromatic carbocycles. The maximum absolute atomic E-state index is 12.2. The summed E-state index contributed by atoms with van der Waals surface area (Å²) < 4.78 is 10.3. The molecule has 8 heteroatoms. The molecule has 1 amide bonds. The number of hydrogen-bond acceptors (Lipinski definition) is 6. The zero-order valence-electron chi connectivity index (χ0n) is 13.0. The average molecular weight is 312 g/mol. The zero-order chi connectivity index (χ0) is 16.8. The molecule has 1 saturated heterocycles. The summed E-state index contributed by atoms with van der Waals surface area (Å²) in [6.45, 7) is 3.64. The summed E-state index contributed by atoms with van der Waals surface area (Å²) in [5, 5.41) is 0. The van der Waals surface area contributed by atoms with Gasteiger partial charge in [0.25, 0.3) is 0 Å². The van der Waals surface area contributed by atoms with E-state index in [1.165, 1.54) is 11.0 Å². The van der Waals surface area contributed by atoms with E-state index < -0.39 is 6.04 Å². The number of aliphatic imine (C=N–C) groups is 1. The second-order valence-electron chi connectivity index (χ2n) is 5.36. The van der Waals surface area contributed by atoms with Gasteiger partial charge in [-0.05, 0) is 6.92 Å². The van der Waals surface area contributed by atoms with E-state index in [1.54, 1.807) is 25.4 Å². The van der Waals surface area contributed by atoms with Gasteiger partial charge in [-0.3, -0.25) is 0 Å². The molecule has 1 fully saturated rings. The predicted molar refractivity (Wildman–Crippen MR) is 85.3 cm³/mol. The summed E-state index contributed by atoms with van der Waals surface area (Å²) in [6.07, 6.45) is 7.87. The molecule has 7 nitrogen and oxygen atoms in total. The molecule has 118 valence electrons. The van der Waals surface area contributed by atoms with E-state index >= 15 is 0 Å². The van der Waals surface area contributed by atoms with Crippen LogP contribution in [0.2, 0.25) is 0 Å². The van der Waals surface area contributed by atoms with Crippen molar-refractivity contribution in [3.8, 4) is 0 Å². The first-order valence-corrected chi connectivity index (χ1v) is 7.28. The van der Waals surface area contributed by atoms with Crippen LogP contribution < -0.4 is 0 Å². The molecule has 0 N–H and O–H groups in total. The number of carbonyl (C=O) groups excluding carboxylic acids is 2. The van der Waals surface area contributed by atoms with Crippen LogP contribution in [0.25, 0.3) is 6.08 Å². The van der Waals surface area contributed by atoms with Crippen molar-refractivity contribution in [2.75, 3.05) is 6.54 Å². The Morgan fingerprint density at radius 1 is 1.48 bits per heavy atom. The molecule has 1 aromatic rings. The molecular weight excluding hydrogens is 295 g/mol. The fourth-order valence-corrected chi connectivity index (χ4v) is 2.36. The number of aromatic nitrogens is 2. The van der Waals surface area contributed by atoms with Crippen LogP contribution in [0.5, 0.6) is 0 Å². The van der Waals surface area contributed by atoms with Gasteiger partial charge in [0.1, 0.15) is 5.82 Å². The van der Waals surface area contributed by atoms with Crippen LogP contribution in [0.4, 0.5) is 0 Å². The van der Waals surface area contributed by atoms with Crippen LogP contribution in [0, 0.1) is 6.92 Å². The van der Waals surface area contributed by atoms with Crippen molar-refractivity contribution in [2.45, 2.75) is 32.4 Å². The molecular formula is C15H17BN4O3. The molecule has 2 heterocycles. The topological polar surface area (TPSA) is 92.6 Å². The van der Waals surface area contributed by atoms with Crippen molar-refractivity contribution in [3.63, 3.8) is 0 Å². The molecule has 23 heavy (non-hydrogen) atoms. The average Bonchev–Trinajstić information content (AvgIpc) is 2.80. The van der Waals surface area contributed by atoms with E-state index in [4.69, 9.17) is 0 Å². The number of rotatable bonds is 6. The van der Waals surface area contributed by atoms with Crippen LogP contribution in [-0.2, 0) is 14.3 Å². The summed E-state index contributed by atoms with van der Waals surface area (Å²) in [4.78, 5) is 37.7. The molecule has 2 rings (SSSR count). The third kappa shape index (κ3) is 4.48. The van der Waals surface area contributed by atoms with Gasteiger partial charge < -0.3 is 0 Å². The Hall–Kier alpha value is -2.51. The minimum absolute atomic E-state index is 0.00364. The van der Waals surface area contributed by atoms with Gasteiger partial charge in [-0.15, -0.1) is 0 Å². The summed E-state index contributed by atoms with van der Waals surface area (Å²) in [6, 6.07) is -0.658. The first-order chi connectivity index (χ1) is 11.0. The molecule has 0 radical (unpaired) electrons. The van der Waals surface area contributed by atoms with Gasteiger partial charge in [-0.2, -0.15) is 0 Å². The molecule has 1 aliphatic rings. The van der Waals surface area contributed by atoms with Gasteiger partial charge in [0.15, 0.2) is 0 Å². The summed E-state index contributed by atoms with van der Waals surface area (Å²) >= 11 is 0. The third-order valence-corrected chi connectivity index (χ3v) is 3.58. The quantitative estimate of drug-likeness (QED) is 0.431. The Bertz CT molecular complexity index is 657. The third-order valence-electron chi connectivity index (χ3n) is 3.58. The monoisotopic (exact) mass is 312 g/mol. The second kappa shape index (κ2) is 7.67. The summed E-state index contributed by atoms with van der Waals surface area (Å²) in [5.41, 5.74) is 0.721. The fraction of sp³-hybridized carbons (Fsp3) is 0.400. The van der Waals surface area contributed by atoms with E-state index in [-0.39, 0.29) is 24.3 Å². The standard InChI is InChI=1S/C15H17BN4O3/c1-10-5-14(19-9-16-23)15(22)20(10)8-13(21)4-3-12-6-17-11(2)18-7-12/h3-4,6-7,9-10,14H,5,8H2,1-2H3/t10-,14+/m1/s1. The van der Waals surface area contributed by atoms with E-state index in [9.17, 15) is 14.3 Å². The Morgan fingerprint density at radius 3 is 2.83 bits per heavy atom. The van der Waals surface area contributed by atoms with Gasteiger partial charge in [0.05, 0.1) is 0 Å². The number of carbonyl (C=O) groups is 2. The molecule has 1 aliphatic heterocycles. The van der Waals surface area contributed by atoms with Crippen molar-refractivity contribution in [2.24, 2.45) is 4.99 Å². The van der Waals surface area contributed by atoms with Gasteiger partial charge in [0.2, 0.25) is 0 Å². The van der Waals surface area contributed by atoms with Gasteiger partial charge in [-0.25, -0.2) is 0 Å². The van der Waals surface area contributed by atoms with Gasteiger partial charge in [-0.1, -0.05) is 0 Å². The first kappa shape index (κ1) is 16.9. The Balaban J connectivity index is 1.96.